The molecule has 0 bridgehead atoms. The number of aliphatic imine (C=N–C) groups is 1. The van der Waals surface area contributed by atoms with E-state index in [1.165, 1.54) is 12.8 Å². The van der Waals surface area contributed by atoms with Gasteiger partial charge in [-0.1, -0.05) is 32.8 Å². The molecule has 0 saturated heterocycles. The second-order valence-electron chi connectivity index (χ2n) is 6.37. The fraction of sp³-hybridized carbons (Fsp3) is 0.611. The van der Waals surface area contributed by atoms with Gasteiger partial charge in [0.2, 0.25) is 0 Å². The summed E-state index contributed by atoms with van der Waals surface area (Å²) in [6.07, 6.45) is 6.47. The predicted octanol–water partition coefficient (Wildman–Crippen LogP) is 2.65. The maximum Gasteiger partial charge on any atom is 0.191 e. The molecular weight excluding hydrogens is 300 g/mol. The molecule has 24 heavy (non-hydrogen) atoms. The van der Waals surface area contributed by atoms with E-state index in [-0.39, 0.29) is 0 Å². The summed E-state index contributed by atoms with van der Waals surface area (Å²) in [6, 6.07) is 5.93. The van der Waals surface area contributed by atoms with Crippen LogP contribution in [0.25, 0.3) is 5.65 Å². The lowest BCUT2D eigenvalue weighted by Gasteiger charge is -2.11. The smallest absolute Gasteiger partial charge is 0.191 e. The van der Waals surface area contributed by atoms with Crippen molar-refractivity contribution in [1.82, 2.24) is 25.2 Å². The summed E-state index contributed by atoms with van der Waals surface area (Å²) in [4.78, 5) is 4.64. The van der Waals surface area contributed by atoms with Crippen LogP contribution in [0.4, 0.5) is 0 Å². The Labute approximate surface area is 144 Å². The summed E-state index contributed by atoms with van der Waals surface area (Å²) in [6.45, 7) is 9.14. The van der Waals surface area contributed by atoms with Crippen LogP contribution in [0, 0.1) is 5.92 Å². The largest absolute Gasteiger partial charge is 0.357 e. The number of aromatic nitrogens is 3. The van der Waals surface area contributed by atoms with Crippen LogP contribution in [-0.2, 0) is 6.42 Å². The summed E-state index contributed by atoms with van der Waals surface area (Å²) in [7, 11) is 0. The Kier molecular flexibility index (Phi) is 7.52. The molecule has 6 nitrogen and oxygen atoms in total. The fourth-order valence-electron chi connectivity index (χ4n) is 2.55. The van der Waals surface area contributed by atoms with E-state index in [4.69, 9.17) is 0 Å². The van der Waals surface area contributed by atoms with E-state index in [0.717, 1.165) is 55.8 Å². The van der Waals surface area contributed by atoms with Gasteiger partial charge in [0.1, 0.15) is 5.82 Å². The van der Waals surface area contributed by atoms with Crippen molar-refractivity contribution in [2.24, 2.45) is 10.9 Å². The number of pyridine rings is 1. The zero-order chi connectivity index (χ0) is 17.2. The first kappa shape index (κ1) is 18.2. The topological polar surface area (TPSA) is 66.6 Å². The summed E-state index contributed by atoms with van der Waals surface area (Å²) in [5.41, 5.74) is 0.887. The summed E-state index contributed by atoms with van der Waals surface area (Å²) < 4.78 is 2.03. The second kappa shape index (κ2) is 9.90. The van der Waals surface area contributed by atoms with E-state index in [1.54, 1.807) is 0 Å². The van der Waals surface area contributed by atoms with Crippen LogP contribution < -0.4 is 10.6 Å². The van der Waals surface area contributed by atoms with Crippen molar-refractivity contribution in [3.05, 3.63) is 30.2 Å². The molecule has 2 aromatic rings. The second-order valence-corrected chi connectivity index (χ2v) is 6.37. The van der Waals surface area contributed by atoms with Gasteiger partial charge in [0.25, 0.3) is 0 Å². The molecule has 0 atom stereocenters. The molecule has 2 rings (SSSR count). The minimum Gasteiger partial charge on any atom is -0.357 e. The van der Waals surface area contributed by atoms with Crippen molar-refractivity contribution < 1.29 is 0 Å². The monoisotopic (exact) mass is 330 g/mol. The van der Waals surface area contributed by atoms with Crippen LogP contribution >= 0.6 is 0 Å². The molecule has 0 spiro atoms. The van der Waals surface area contributed by atoms with Crippen LogP contribution in [-0.4, -0.2) is 40.2 Å². The quantitative estimate of drug-likeness (QED) is 0.421. The highest BCUT2D eigenvalue weighted by atomic mass is 15.2. The summed E-state index contributed by atoms with van der Waals surface area (Å²) in [5.74, 6) is 2.63. The van der Waals surface area contributed by atoms with E-state index in [0.29, 0.717) is 0 Å². The fourth-order valence-corrected chi connectivity index (χ4v) is 2.55. The normalized spacial score (nSPS) is 12.1. The minimum atomic E-state index is 0.776. The molecule has 0 saturated carbocycles. The highest BCUT2D eigenvalue weighted by molar-refractivity contribution is 5.79. The molecule has 0 radical (unpaired) electrons. The Morgan fingerprint density at radius 3 is 2.88 bits per heavy atom. The summed E-state index contributed by atoms with van der Waals surface area (Å²) in [5, 5.41) is 15.1. The highest BCUT2D eigenvalue weighted by Crippen LogP contribution is 2.06. The Bertz CT molecular complexity index is 631. The predicted molar refractivity (Wildman–Crippen MR) is 99.4 cm³/mol. The van der Waals surface area contributed by atoms with E-state index < -0.39 is 0 Å². The molecule has 2 aromatic heterocycles. The van der Waals surface area contributed by atoms with Crippen LogP contribution in [0.5, 0.6) is 0 Å². The molecule has 6 heteroatoms. The first-order valence-electron chi connectivity index (χ1n) is 9.01. The van der Waals surface area contributed by atoms with Crippen molar-refractivity contribution >= 4 is 11.6 Å². The van der Waals surface area contributed by atoms with Gasteiger partial charge in [0, 0.05) is 32.3 Å². The molecule has 2 N–H and O–H groups in total. The van der Waals surface area contributed by atoms with Gasteiger partial charge in [-0.15, -0.1) is 10.2 Å². The first-order valence-corrected chi connectivity index (χ1v) is 9.01. The molecule has 0 aliphatic carbocycles. The van der Waals surface area contributed by atoms with Gasteiger partial charge in [0.05, 0.1) is 0 Å². The lowest BCUT2D eigenvalue weighted by Crippen LogP contribution is -2.38. The Morgan fingerprint density at radius 2 is 2.08 bits per heavy atom. The first-order chi connectivity index (χ1) is 11.7. The van der Waals surface area contributed by atoms with Gasteiger partial charge in [-0.05, 0) is 31.4 Å². The maximum atomic E-state index is 4.64. The van der Waals surface area contributed by atoms with Crippen molar-refractivity contribution in [3.8, 4) is 0 Å². The third-order valence-corrected chi connectivity index (χ3v) is 3.83. The van der Waals surface area contributed by atoms with Crippen LogP contribution in [0.15, 0.2) is 29.4 Å². The minimum absolute atomic E-state index is 0.776. The summed E-state index contributed by atoms with van der Waals surface area (Å²) >= 11 is 0. The molecule has 0 aliphatic rings. The zero-order valence-corrected chi connectivity index (χ0v) is 15.1. The average Bonchev–Trinajstić information content (AvgIpc) is 2.97. The molecule has 0 aliphatic heterocycles. The Morgan fingerprint density at radius 1 is 1.21 bits per heavy atom. The lowest BCUT2D eigenvalue weighted by molar-refractivity contribution is 0.541. The number of hydrogen-bond acceptors (Lipinski definition) is 3. The molecule has 2 heterocycles. The van der Waals surface area contributed by atoms with Crippen LogP contribution in [0.1, 0.15) is 45.9 Å². The van der Waals surface area contributed by atoms with E-state index in [2.05, 4.69) is 46.6 Å². The van der Waals surface area contributed by atoms with Crippen molar-refractivity contribution in [2.75, 3.05) is 19.6 Å². The number of nitrogens with zero attached hydrogens (tertiary/aromatic N) is 4. The zero-order valence-electron chi connectivity index (χ0n) is 15.1. The Hall–Kier alpha value is -2.11. The van der Waals surface area contributed by atoms with Gasteiger partial charge >= 0.3 is 0 Å². The molecule has 0 amide bonds. The van der Waals surface area contributed by atoms with Gasteiger partial charge in [0.15, 0.2) is 11.6 Å². The maximum absolute atomic E-state index is 4.64. The van der Waals surface area contributed by atoms with Gasteiger partial charge in [-0.3, -0.25) is 9.39 Å². The van der Waals surface area contributed by atoms with Crippen molar-refractivity contribution in [2.45, 2.75) is 46.5 Å². The molecule has 0 unspecified atom stereocenters. The third-order valence-electron chi connectivity index (χ3n) is 3.83. The van der Waals surface area contributed by atoms with E-state index in [1.807, 2.05) is 28.8 Å². The lowest BCUT2D eigenvalue weighted by atomic mass is 10.1. The molecule has 0 fully saturated rings. The van der Waals surface area contributed by atoms with Gasteiger partial charge < -0.3 is 10.6 Å². The van der Waals surface area contributed by atoms with E-state index >= 15 is 0 Å². The molecular formula is C18H30N6. The SMILES string of the molecule is CCNC(=NCCCCC(C)C)NCCc1nnc2ccccn12. The number of unbranched alkanes of at least 4 members (excludes halogenated alkanes) is 1. The number of fused-ring (bicyclic) bond motifs is 1. The van der Waals surface area contributed by atoms with E-state index in [9.17, 15) is 0 Å². The standard InChI is InChI=1S/C18H30N6/c1-4-19-18(20-12-7-5-9-15(2)3)21-13-11-17-23-22-16-10-6-8-14-24(16)17/h6,8,10,14-15H,4-5,7,9,11-13H2,1-3H3,(H2,19,20,21). The van der Waals surface area contributed by atoms with Gasteiger partial charge in [-0.25, -0.2) is 0 Å². The third kappa shape index (κ3) is 5.83. The Balaban J connectivity index is 1.78. The van der Waals surface area contributed by atoms with Crippen molar-refractivity contribution in [1.29, 1.82) is 0 Å². The highest BCUT2D eigenvalue weighted by Gasteiger charge is 2.04. The van der Waals surface area contributed by atoms with Crippen LogP contribution in [0.2, 0.25) is 0 Å². The van der Waals surface area contributed by atoms with Crippen LogP contribution in [0.3, 0.4) is 0 Å². The number of nitrogens with one attached hydrogen (secondary N) is 2. The number of guanidine groups is 1. The van der Waals surface area contributed by atoms with Gasteiger partial charge in [-0.2, -0.15) is 0 Å². The number of hydrogen-bond donors (Lipinski definition) is 2. The number of rotatable bonds is 9. The molecule has 132 valence electrons. The van der Waals surface area contributed by atoms with Crippen molar-refractivity contribution in [3.63, 3.8) is 0 Å². The average molecular weight is 330 g/mol. The molecule has 0 aromatic carbocycles.